The lowest BCUT2D eigenvalue weighted by atomic mass is 10.2. The molecule has 4 nitrogen and oxygen atoms in total. The molecule has 7 heteroatoms. The predicted molar refractivity (Wildman–Crippen MR) is 63.0 cm³/mol. The van der Waals surface area contributed by atoms with Crippen LogP contribution in [-0.2, 0) is 0 Å². The van der Waals surface area contributed by atoms with Crippen molar-refractivity contribution in [2.75, 3.05) is 18.5 Å². The molecule has 0 atom stereocenters. The van der Waals surface area contributed by atoms with E-state index in [0.29, 0.717) is 33.3 Å². The molecular weight excluding hydrogens is 257 g/mol. The van der Waals surface area contributed by atoms with Crippen LogP contribution < -0.4 is 5.32 Å². The van der Waals surface area contributed by atoms with Crippen LogP contribution in [0.25, 0.3) is 11.0 Å². The van der Waals surface area contributed by atoms with E-state index >= 15 is 0 Å². The maximum Gasteiger partial charge on any atom is 0.130 e. The first kappa shape index (κ1) is 10.9. The molecule has 2 N–H and O–H groups in total. The standard InChI is InChI=1S/C8H7Cl2N3OS/c9-4-3-5(10)7-8(13-15-12-7)6(4)11-1-2-14/h3,11,14H,1-2H2. The molecule has 0 bridgehead atoms. The minimum atomic E-state index is 0.0258. The number of aromatic nitrogens is 2. The molecule has 80 valence electrons. The van der Waals surface area contributed by atoms with E-state index < -0.39 is 0 Å². The highest BCUT2D eigenvalue weighted by atomic mass is 35.5. The minimum Gasteiger partial charge on any atom is -0.395 e. The lowest BCUT2D eigenvalue weighted by Crippen LogP contribution is -2.06. The molecule has 0 saturated heterocycles. The number of hydrogen-bond donors (Lipinski definition) is 2. The van der Waals surface area contributed by atoms with Crippen LogP contribution in [0.5, 0.6) is 0 Å². The van der Waals surface area contributed by atoms with Crippen molar-refractivity contribution in [1.29, 1.82) is 0 Å². The van der Waals surface area contributed by atoms with Crippen molar-refractivity contribution in [2.24, 2.45) is 0 Å². The van der Waals surface area contributed by atoms with Crippen molar-refractivity contribution < 1.29 is 5.11 Å². The molecule has 15 heavy (non-hydrogen) atoms. The van der Waals surface area contributed by atoms with E-state index in [-0.39, 0.29) is 6.61 Å². The Morgan fingerprint density at radius 3 is 2.73 bits per heavy atom. The highest BCUT2D eigenvalue weighted by Gasteiger charge is 2.13. The lowest BCUT2D eigenvalue weighted by molar-refractivity contribution is 0.311. The predicted octanol–water partition coefficient (Wildman–Crippen LogP) is 2.40. The van der Waals surface area contributed by atoms with Gasteiger partial charge in [-0.15, -0.1) is 0 Å². The van der Waals surface area contributed by atoms with Crippen molar-refractivity contribution in [3.8, 4) is 0 Å². The molecule has 2 aromatic rings. The van der Waals surface area contributed by atoms with Crippen LogP contribution in [0.1, 0.15) is 0 Å². The molecule has 0 saturated carbocycles. The summed E-state index contributed by atoms with van der Waals surface area (Å²) in [5.74, 6) is 0. The topological polar surface area (TPSA) is 58.0 Å². The summed E-state index contributed by atoms with van der Waals surface area (Å²) >= 11 is 13.0. The van der Waals surface area contributed by atoms with Crippen LogP contribution in [0.2, 0.25) is 10.0 Å². The Morgan fingerprint density at radius 1 is 1.27 bits per heavy atom. The summed E-state index contributed by atoms with van der Waals surface area (Å²) in [5, 5.41) is 12.7. The Balaban J connectivity index is 2.55. The van der Waals surface area contributed by atoms with E-state index in [0.717, 1.165) is 11.7 Å². The van der Waals surface area contributed by atoms with Crippen LogP contribution in [0.3, 0.4) is 0 Å². The fourth-order valence-electron chi connectivity index (χ4n) is 1.22. The van der Waals surface area contributed by atoms with Gasteiger partial charge in [0.05, 0.1) is 34.1 Å². The summed E-state index contributed by atoms with van der Waals surface area (Å²) in [6, 6.07) is 1.62. The van der Waals surface area contributed by atoms with Gasteiger partial charge in [0.25, 0.3) is 0 Å². The van der Waals surface area contributed by atoms with E-state index in [1.165, 1.54) is 0 Å². The molecular formula is C8H7Cl2N3OS. The summed E-state index contributed by atoms with van der Waals surface area (Å²) in [6.45, 7) is 0.437. The number of hydrogen-bond acceptors (Lipinski definition) is 5. The summed E-state index contributed by atoms with van der Waals surface area (Å²) < 4.78 is 8.18. The second kappa shape index (κ2) is 4.49. The van der Waals surface area contributed by atoms with Gasteiger partial charge in [-0.2, -0.15) is 8.75 Å². The molecule has 0 fully saturated rings. The molecule has 1 aromatic carbocycles. The van der Waals surface area contributed by atoms with E-state index in [9.17, 15) is 0 Å². The fraction of sp³-hybridized carbons (Fsp3) is 0.250. The van der Waals surface area contributed by atoms with E-state index in [2.05, 4.69) is 14.1 Å². The number of aliphatic hydroxyl groups is 1. The third-order valence-corrected chi connectivity index (χ3v) is 2.97. The number of nitrogens with one attached hydrogen (secondary N) is 1. The number of benzene rings is 1. The van der Waals surface area contributed by atoms with Gasteiger partial charge >= 0.3 is 0 Å². The van der Waals surface area contributed by atoms with Gasteiger partial charge in [0.15, 0.2) is 0 Å². The number of anilines is 1. The van der Waals surface area contributed by atoms with Gasteiger partial charge in [-0.25, -0.2) is 0 Å². The largest absolute Gasteiger partial charge is 0.395 e. The fourth-order valence-corrected chi connectivity index (χ4v) is 2.40. The Morgan fingerprint density at radius 2 is 2.00 bits per heavy atom. The summed E-state index contributed by atoms with van der Waals surface area (Å²) in [6.07, 6.45) is 0. The first-order valence-corrected chi connectivity index (χ1v) is 5.67. The maximum atomic E-state index is 8.73. The van der Waals surface area contributed by atoms with Gasteiger partial charge in [0.1, 0.15) is 11.0 Å². The zero-order chi connectivity index (χ0) is 10.8. The van der Waals surface area contributed by atoms with Gasteiger partial charge in [-0.1, -0.05) is 23.2 Å². The zero-order valence-electron chi connectivity index (χ0n) is 7.50. The molecule has 1 aromatic heterocycles. The third kappa shape index (κ3) is 2.01. The van der Waals surface area contributed by atoms with Gasteiger partial charge in [-0.05, 0) is 6.07 Å². The smallest absolute Gasteiger partial charge is 0.130 e. The van der Waals surface area contributed by atoms with Crippen LogP contribution in [0, 0.1) is 0 Å². The molecule has 1 heterocycles. The van der Waals surface area contributed by atoms with Gasteiger partial charge in [0, 0.05) is 6.54 Å². The molecule has 0 aliphatic rings. The molecule has 2 rings (SSSR count). The van der Waals surface area contributed by atoms with Crippen LogP contribution in [0.15, 0.2) is 6.07 Å². The Hall–Kier alpha value is -0.620. The second-order valence-corrected chi connectivity index (χ2v) is 4.17. The van der Waals surface area contributed by atoms with E-state index in [4.69, 9.17) is 28.3 Å². The van der Waals surface area contributed by atoms with Crippen molar-refractivity contribution >= 4 is 51.7 Å². The van der Waals surface area contributed by atoms with Crippen LogP contribution in [-0.4, -0.2) is 27.0 Å². The minimum absolute atomic E-state index is 0.0258. The van der Waals surface area contributed by atoms with E-state index in [1.54, 1.807) is 6.07 Å². The molecule has 0 spiro atoms. The first-order valence-electron chi connectivity index (χ1n) is 4.19. The Bertz CT molecular complexity index is 488. The Labute approximate surface area is 100 Å². The molecule has 0 aliphatic heterocycles. The quantitative estimate of drug-likeness (QED) is 0.893. The Kier molecular flexibility index (Phi) is 3.25. The average molecular weight is 264 g/mol. The molecule has 0 unspecified atom stereocenters. The number of aliphatic hydroxyl groups excluding tert-OH is 1. The summed E-state index contributed by atoms with van der Waals surface area (Å²) in [4.78, 5) is 0. The van der Waals surface area contributed by atoms with Crippen molar-refractivity contribution in [1.82, 2.24) is 8.75 Å². The number of fused-ring (bicyclic) bond motifs is 1. The zero-order valence-corrected chi connectivity index (χ0v) is 9.83. The summed E-state index contributed by atoms with van der Waals surface area (Å²) in [7, 11) is 0. The molecule has 0 radical (unpaired) electrons. The SMILES string of the molecule is OCCNc1c(Cl)cc(Cl)c2nsnc12. The van der Waals surface area contributed by atoms with Crippen LogP contribution >= 0.6 is 34.9 Å². The van der Waals surface area contributed by atoms with Gasteiger partial charge in [-0.3, -0.25) is 0 Å². The molecule has 0 aliphatic carbocycles. The number of halogens is 2. The van der Waals surface area contributed by atoms with Crippen molar-refractivity contribution in [3.63, 3.8) is 0 Å². The highest BCUT2D eigenvalue weighted by Crippen LogP contribution is 2.34. The van der Waals surface area contributed by atoms with Crippen molar-refractivity contribution in [2.45, 2.75) is 0 Å². The maximum absolute atomic E-state index is 8.73. The summed E-state index contributed by atoms with van der Waals surface area (Å²) in [5.41, 5.74) is 1.94. The van der Waals surface area contributed by atoms with Crippen LogP contribution in [0.4, 0.5) is 5.69 Å². The monoisotopic (exact) mass is 263 g/mol. The average Bonchev–Trinajstić information content (AvgIpc) is 2.66. The lowest BCUT2D eigenvalue weighted by Gasteiger charge is -2.07. The molecule has 0 amide bonds. The van der Waals surface area contributed by atoms with Gasteiger partial charge in [0.2, 0.25) is 0 Å². The third-order valence-electron chi connectivity index (χ3n) is 1.86. The van der Waals surface area contributed by atoms with Crippen molar-refractivity contribution in [3.05, 3.63) is 16.1 Å². The first-order chi connectivity index (χ1) is 7.24. The second-order valence-electron chi connectivity index (χ2n) is 2.83. The van der Waals surface area contributed by atoms with Gasteiger partial charge < -0.3 is 10.4 Å². The van der Waals surface area contributed by atoms with E-state index in [1.807, 2.05) is 0 Å². The normalized spacial score (nSPS) is 10.9. The highest BCUT2D eigenvalue weighted by molar-refractivity contribution is 7.00. The number of nitrogens with zero attached hydrogens (tertiary/aromatic N) is 2. The number of rotatable bonds is 3.